The lowest BCUT2D eigenvalue weighted by atomic mass is 10.1. The van der Waals surface area contributed by atoms with Gasteiger partial charge >= 0.3 is 0 Å². The molecular formula is C29H36IN5O4. The Morgan fingerprint density at radius 2 is 1.92 bits per heavy atom. The molecule has 4 rings (SSSR count). The molecule has 2 aromatic heterocycles. The van der Waals surface area contributed by atoms with Crippen LogP contribution in [0.3, 0.4) is 0 Å². The minimum atomic E-state index is -0.145. The number of fused-ring (bicyclic) bond motifs is 3. The highest BCUT2D eigenvalue weighted by molar-refractivity contribution is 14.1. The number of benzene rings is 2. The highest BCUT2D eigenvalue weighted by Crippen LogP contribution is 2.34. The third-order valence-corrected chi connectivity index (χ3v) is 7.38. The number of aromatic nitrogens is 3. The molecule has 0 radical (unpaired) electrons. The van der Waals surface area contributed by atoms with E-state index in [1.165, 1.54) is 6.07 Å². The average Bonchev–Trinajstić information content (AvgIpc) is 3.30. The number of nitrogens with one attached hydrogen (secondary N) is 1. The van der Waals surface area contributed by atoms with Crippen molar-refractivity contribution >= 4 is 56.3 Å². The number of phenols is 2. The van der Waals surface area contributed by atoms with E-state index in [-0.39, 0.29) is 17.4 Å². The summed E-state index contributed by atoms with van der Waals surface area (Å²) in [5.74, 6) is 1.04. The molecular weight excluding hydrogens is 609 g/mol. The van der Waals surface area contributed by atoms with E-state index in [2.05, 4.69) is 33.9 Å². The first-order valence-corrected chi connectivity index (χ1v) is 14.9. The molecule has 0 atom stereocenters. The summed E-state index contributed by atoms with van der Waals surface area (Å²) in [4.78, 5) is 20.8. The van der Waals surface area contributed by atoms with Crippen molar-refractivity contribution in [3.63, 3.8) is 0 Å². The number of hydrogen-bond donors (Lipinski definition) is 4. The zero-order valence-electron chi connectivity index (χ0n) is 22.3. The van der Waals surface area contributed by atoms with Crippen LogP contribution in [0.5, 0.6) is 11.5 Å². The minimum absolute atomic E-state index is 0.0507. The van der Waals surface area contributed by atoms with E-state index in [9.17, 15) is 15.0 Å². The van der Waals surface area contributed by atoms with Crippen LogP contribution in [0.1, 0.15) is 49.6 Å². The van der Waals surface area contributed by atoms with Crippen LogP contribution in [0.15, 0.2) is 36.4 Å². The number of para-hydroxylation sites is 1. The first-order valence-electron chi connectivity index (χ1n) is 13.4. The van der Waals surface area contributed by atoms with Gasteiger partial charge in [0.1, 0.15) is 11.3 Å². The highest BCUT2D eigenvalue weighted by Gasteiger charge is 2.19. The van der Waals surface area contributed by atoms with E-state index in [4.69, 9.17) is 15.5 Å². The molecule has 0 spiro atoms. The zero-order chi connectivity index (χ0) is 27.8. The Bertz CT molecular complexity index is 1440. The number of nitrogens with two attached hydrogens (primary N) is 1. The van der Waals surface area contributed by atoms with E-state index in [1.54, 1.807) is 12.1 Å². The van der Waals surface area contributed by atoms with Crippen LogP contribution in [0.4, 0.5) is 5.82 Å². The lowest BCUT2D eigenvalue weighted by Crippen LogP contribution is -2.25. The number of amides is 1. The number of hydrogen-bond acceptors (Lipinski definition) is 7. The summed E-state index contributed by atoms with van der Waals surface area (Å²) < 4.78 is 8.32. The molecule has 0 saturated carbocycles. The Balaban J connectivity index is 1.57. The van der Waals surface area contributed by atoms with Gasteiger partial charge in [0.2, 0.25) is 5.91 Å². The number of unbranched alkanes of at least 4 members (excludes halogenated alkanes) is 1. The van der Waals surface area contributed by atoms with Gasteiger partial charge in [0.05, 0.1) is 22.0 Å². The smallest absolute Gasteiger partial charge is 0.229 e. The number of halogens is 1. The van der Waals surface area contributed by atoms with Crippen molar-refractivity contribution in [2.75, 3.05) is 29.9 Å². The van der Waals surface area contributed by atoms with Gasteiger partial charge in [-0.05, 0) is 49.4 Å². The van der Waals surface area contributed by atoms with Gasteiger partial charge in [0, 0.05) is 37.1 Å². The average molecular weight is 646 g/mol. The van der Waals surface area contributed by atoms with Gasteiger partial charge in [-0.15, -0.1) is 0 Å². The third kappa shape index (κ3) is 7.10. The fraction of sp³-hybridized carbons (Fsp3) is 0.414. The summed E-state index contributed by atoms with van der Waals surface area (Å²) >= 11 is 2.05. The van der Waals surface area contributed by atoms with E-state index >= 15 is 0 Å². The van der Waals surface area contributed by atoms with Crippen LogP contribution in [0.25, 0.3) is 21.9 Å². The van der Waals surface area contributed by atoms with Crippen LogP contribution in [0, 0.1) is 0 Å². The predicted octanol–water partition coefficient (Wildman–Crippen LogP) is 4.86. The fourth-order valence-corrected chi connectivity index (χ4v) is 4.93. The molecule has 208 valence electrons. The summed E-state index contributed by atoms with van der Waals surface area (Å²) in [6.07, 6.45) is 5.27. The van der Waals surface area contributed by atoms with Crippen LogP contribution in [-0.4, -0.2) is 54.8 Å². The topological polar surface area (TPSA) is 136 Å². The molecule has 9 nitrogen and oxygen atoms in total. The SMILES string of the molecule is CCCCc1nc2c(N)nc3ccc(CCCOCCCNC(=O)CI)cc3c2n1Cc1cccc(O)c1O. The van der Waals surface area contributed by atoms with Gasteiger partial charge in [-0.2, -0.15) is 0 Å². The van der Waals surface area contributed by atoms with E-state index in [0.717, 1.165) is 66.3 Å². The molecule has 0 saturated heterocycles. The van der Waals surface area contributed by atoms with Crippen LogP contribution >= 0.6 is 22.6 Å². The van der Waals surface area contributed by atoms with Crippen LogP contribution in [0.2, 0.25) is 0 Å². The Hall–Kier alpha value is -3.12. The highest BCUT2D eigenvalue weighted by atomic mass is 127. The van der Waals surface area contributed by atoms with Crippen molar-refractivity contribution in [1.29, 1.82) is 0 Å². The largest absolute Gasteiger partial charge is 0.504 e. The number of carbonyl (C=O) groups excluding carboxylic acids is 1. The quantitative estimate of drug-likeness (QED) is 0.0666. The summed E-state index contributed by atoms with van der Waals surface area (Å²) in [7, 11) is 0. The molecule has 4 aromatic rings. The zero-order valence-corrected chi connectivity index (χ0v) is 24.4. The Labute approximate surface area is 241 Å². The molecule has 2 aromatic carbocycles. The first-order chi connectivity index (χ1) is 18.9. The molecule has 0 fully saturated rings. The van der Waals surface area contributed by atoms with Gasteiger partial charge < -0.3 is 30.6 Å². The molecule has 1 amide bonds. The lowest BCUT2D eigenvalue weighted by molar-refractivity contribution is -0.118. The number of carbonyl (C=O) groups is 1. The van der Waals surface area contributed by atoms with Crippen molar-refractivity contribution in [2.45, 2.75) is 52.0 Å². The molecule has 39 heavy (non-hydrogen) atoms. The Morgan fingerprint density at radius 3 is 2.72 bits per heavy atom. The summed E-state index contributed by atoms with van der Waals surface area (Å²) in [5.41, 5.74) is 10.5. The number of nitrogens with zero attached hydrogens (tertiary/aromatic N) is 3. The van der Waals surface area contributed by atoms with Crippen LogP contribution in [-0.2, 0) is 28.9 Å². The van der Waals surface area contributed by atoms with Gasteiger partial charge in [-0.1, -0.05) is 54.1 Å². The van der Waals surface area contributed by atoms with Gasteiger partial charge in [0.25, 0.3) is 0 Å². The number of alkyl halides is 1. The maximum atomic E-state index is 11.3. The van der Waals surface area contributed by atoms with E-state index in [1.807, 2.05) is 28.7 Å². The number of rotatable bonds is 14. The van der Waals surface area contributed by atoms with Crippen molar-refractivity contribution in [1.82, 2.24) is 19.9 Å². The fourth-order valence-electron chi connectivity index (χ4n) is 4.66. The number of imidazole rings is 1. The van der Waals surface area contributed by atoms with Crippen LogP contribution < -0.4 is 11.1 Å². The number of nitrogen functional groups attached to an aromatic ring is 1. The van der Waals surface area contributed by atoms with Crippen molar-refractivity contribution in [2.24, 2.45) is 0 Å². The number of phenolic OH excluding ortho intramolecular Hbond substituents is 2. The van der Waals surface area contributed by atoms with Crippen molar-refractivity contribution < 1.29 is 19.7 Å². The second kappa shape index (κ2) is 13.8. The molecule has 0 aliphatic rings. The molecule has 0 aliphatic carbocycles. The maximum Gasteiger partial charge on any atom is 0.229 e. The molecule has 0 unspecified atom stereocenters. The van der Waals surface area contributed by atoms with Crippen molar-refractivity contribution in [3.8, 4) is 11.5 Å². The number of ether oxygens (including phenoxy) is 1. The number of aromatic hydroxyl groups is 2. The third-order valence-electron chi connectivity index (χ3n) is 6.69. The standard InChI is InChI=1S/C29H36IN5O4/c1-2-3-10-24-34-26-27(35(24)18-20-8-4-9-23(36)28(20)38)21-16-19(11-12-22(21)33-29(26)31)7-5-14-39-15-6-13-32-25(37)17-30/h4,8-9,11-12,16,36,38H,2-3,5-7,10,13-15,17-18H2,1H3,(H2,31,33)(H,32,37). The summed E-state index contributed by atoms with van der Waals surface area (Å²) in [6, 6.07) is 11.2. The number of aryl methyl sites for hydroxylation is 2. The molecule has 5 N–H and O–H groups in total. The Kier molecular flexibility index (Phi) is 10.2. The van der Waals surface area contributed by atoms with Crippen molar-refractivity contribution in [3.05, 3.63) is 53.3 Å². The number of anilines is 1. The predicted molar refractivity (Wildman–Crippen MR) is 163 cm³/mol. The van der Waals surface area contributed by atoms with Gasteiger partial charge in [-0.3, -0.25) is 4.79 Å². The molecule has 2 heterocycles. The summed E-state index contributed by atoms with van der Waals surface area (Å²) in [5, 5.41) is 24.4. The molecule has 0 aliphatic heterocycles. The molecule has 0 bridgehead atoms. The van der Waals surface area contributed by atoms with Gasteiger partial charge in [0.15, 0.2) is 17.3 Å². The van der Waals surface area contributed by atoms with E-state index in [0.29, 0.717) is 47.6 Å². The monoisotopic (exact) mass is 645 g/mol. The normalized spacial score (nSPS) is 11.4. The second-order valence-electron chi connectivity index (χ2n) is 9.60. The molecule has 10 heteroatoms. The second-order valence-corrected chi connectivity index (χ2v) is 10.4. The lowest BCUT2D eigenvalue weighted by Gasteiger charge is -2.13. The summed E-state index contributed by atoms with van der Waals surface area (Å²) in [6.45, 7) is 4.38. The van der Waals surface area contributed by atoms with Gasteiger partial charge in [-0.25, -0.2) is 9.97 Å². The first kappa shape index (κ1) is 28.9. The maximum absolute atomic E-state index is 11.3. The number of pyridine rings is 1. The Morgan fingerprint density at radius 1 is 1.10 bits per heavy atom. The van der Waals surface area contributed by atoms with E-state index < -0.39 is 0 Å². The minimum Gasteiger partial charge on any atom is -0.504 e.